The SMILES string of the molecule is COc1ccc(NC(=O)c2cc(Cl)ccc2I)cc1OC. The topological polar surface area (TPSA) is 47.6 Å². The molecule has 21 heavy (non-hydrogen) atoms. The van der Waals surface area contributed by atoms with E-state index >= 15 is 0 Å². The van der Waals surface area contributed by atoms with Crippen molar-refractivity contribution in [3.05, 3.63) is 50.6 Å². The summed E-state index contributed by atoms with van der Waals surface area (Å²) in [5.41, 5.74) is 1.14. The Morgan fingerprint density at radius 1 is 1.10 bits per heavy atom. The lowest BCUT2D eigenvalue weighted by molar-refractivity contribution is 0.102. The Balaban J connectivity index is 2.25. The van der Waals surface area contributed by atoms with Gasteiger partial charge in [-0.25, -0.2) is 0 Å². The van der Waals surface area contributed by atoms with Crippen LogP contribution >= 0.6 is 34.2 Å². The fourth-order valence-corrected chi connectivity index (χ4v) is 2.54. The summed E-state index contributed by atoms with van der Waals surface area (Å²) in [5.74, 6) is 0.929. The minimum atomic E-state index is -0.228. The van der Waals surface area contributed by atoms with Crippen LogP contribution in [0.1, 0.15) is 10.4 Å². The molecule has 2 rings (SSSR count). The maximum atomic E-state index is 12.3. The minimum absolute atomic E-state index is 0.228. The van der Waals surface area contributed by atoms with E-state index in [0.29, 0.717) is 27.8 Å². The molecule has 2 aromatic rings. The van der Waals surface area contributed by atoms with E-state index in [0.717, 1.165) is 3.57 Å². The molecule has 0 saturated heterocycles. The monoisotopic (exact) mass is 417 g/mol. The number of amides is 1. The zero-order valence-electron chi connectivity index (χ0n) is 11.4. The Hall–Kier alpha value is -1.47. The van der Waals surface area contributed by atoms with E-state index in [1.165, 1.54) is 0 Å². The van der Waals surface area contributed by atoms with Gasteiger partial charge in [-0.3, -0.25) is 4.79 Å². The number of anilines is 1. The molecular weight excluding hydrogens is 405 g/mol. The van der Waals surface area contributed by atoms with Crippen molar-refractivity contribution in [3.63, 3.8) is 0 Å². The Morgan fingerprint density at radius 2 is 1.81 bits per heavy atom. The summed E-state index contributed by atoms with van der Waals surface area (Å²) >= 11 is 8.03. The second-order valence-corrected chi connectivity index (χ2v) is 5.75. The molecule has 2 aromatic carbocycles. The van der Waals surface area contributed by atoms with Gasteiger partial charge in [0.1, 0.15) is 0 Å². The quantitative estimate of drug-likeness (QED) is 0.758. The van der Waals surface area contributed by atoms with Crippen LogP contribution in [0.3, 0.4) is 0 Å². The zero-order chi connectivity index (χ0) is 15.4. The number of rotatable bonds is 4. The molecule has 0 heterocycles. The third-order valence-corrected chi connectivity index (χ3v) is 3.99. The predicted octanol–water partition coefficient (Wildman–Crippen LogP) is 4.21. The van der Waals surface area contributed by atoms with Crippen LogP contribution in [0.5, 0.6) is 11.5 Å². The highest BCUT2D eigenvalue weighted by Gasteiger charge is 2.12. The standard InChI is InChI=1S/C15H13ClINO3/c1-20-13-6-4-10(8-14(13)21-2)18-15(19)11-7-9(16)3-5-12(11)17/h3-8H,1-2H3,(H,18,19). The van der Waals surface area contributed by atoms with Gasteiger partial charge in [0, 0.05) is 20.3 Å². The van der Waals surface area contributed by atoms with Gasteiger partial charge in [0.15, 0.2) is 11.5 Å². The van der Waals surface area contributed by atoms with Crippen molar-refractivity contribution < 1.29 is 14.3 Å². The van der Waals surface area contributed by atoms with Crippen molar-refractivity contribution in [1.82, 2.24) is 0 Å². The van der Waals surface area contributed by atoms with Crippen molar-refractivity contribution >= 4 is 45.8 Å². The fourth-order valence-electron chi connectivity index (χ4n) is 1.78. The van der Waals surface area contributed by atoms with Crippen molar-refractivity contribution in [2.24, 2.45) is 0 Å². The average Bonchev–Trinajstić information content (AvgIpc) is 2.49. The van der Waals surface area contributed by atoms with E-state index in [4.69, 9.17) is 21.1 Å². The van der Waals surface area contributed by atoms with Gasteiger partial charge in [-0.2, -0.15) is 0 Å². The third kappa shape index (κ3) is 3.79. The first-order valence-electron chi connectivity index (χ1n) is 6.03. The Morgan fingerprint density at radius 3 is 2.48 bits per heavy atom. The lowest BCUT2D eigenvalue weighted by atomic mass is 10.2. The van der Waals surface area contributed by atoms with Gasteiger partial charge in [0.25, 0.3) is 5.91 Å². The lowest BCUT2D eigenvalue weighted by Gasteiger charge is -2.11. The molecule has 110 valence electrons. The Bertz CT molecular complexity index is 676. The van der Waals surface area contributed by atoms with Crippen LogP contribution in [0.15, 0.2) is 36.4 Å². The van der Waals surface area contributed by atoms with Gasteiger partial charge in [0.2, 0.25) is 0 Å². The zero-order valence-corrected chi connectivity index (χ0v) is 14.4. The molecule has 0 unspecified atom stereocenters. The van der Waals surface area contributed by atoms with Gasteiger partial charge in [0.05, 0.1) is 19.8 Å². The number of carbonyl (C=O) groups excluding carboxylic acids is 1. The van der Waals surface area contributed by atoms with Crippen molar-refractivity contribution in [2.75, 3.05) is 19.5 Å². The molecule has 0 atom stereocenters. The van der Waals surface area contributed by atoms with Crippen LogP contribution < -0.4 is 14.8 Å². The summed E-state index contributed by atoms with van der Waals surface area (Å²) in [5, 5.41) is 3.34. The maximum Gasteiger partial charge on any atom is 0.256 e. The summed E-state index contributed by atoms with van der Waals surface area (Å²) < 4.78 is 11.2. The summed E-state index contributed by atoms with van der Waals surface area (Å²) in [6.07, 6.45) is 0. The van der Waals surface area contributed by atoms with Crippen molar-refractivity contribution in [2.45, 2.75) is 0 Å². The van der Waals surface area contributed by atoms with Crippen LogP contribution in [0.4, 0.5) is 5.69 Å². The highest BCUT2D eigenvalue weighted by molar-refractivity contribution is 14.1. The van der Waals surface area contributed by atoms with Gasteiger partial charge >= 0.3 is 0 Å². The molecule has 0 fully saturated rings. The highest BCUT2D eigenvalue weighted by Crippen LogP contribution is 2.30. The molecule has 0 radical (unpaired) electrons. The molecule has 0 bridgehead atoms. The van der Waals surface area contributed by atoms with Crippen LogP contribution in [0.2, 0.25) is 5.02 Å². The minimum Gasteiger partial charge on any atom is -0.493 e. The van der Waals surface area contributed by atoms with E-state index in [1.54, 1.807) is 50.6 Å². The highest BCUT2D eigenvalue weighted by atomic mass is 127. The molecular formula is C15H13ClINO3. The second kappa shape index (κ2) is 7.00. The summed E-state index contributed by atoms with van der Waals surface area (Å²) in [6, 6.07) is 10.4. The van der Waals surface area contributed by atoms with Gasteiger partial charge in [-0.1, -0.05) is 11.6 Å². The van der Waals surface area contributed by atoms with Crippen molar-refractivity contribution in [1.29, 1.82) is 0 Å². The lowest BCUT2D eigenvalue weighted by Crippen LogP contribution is -2.13. The van der Waals surface area contributed by atoms with E-state index < -0.39 is 0 Å². The van der Waals surface area contributed by atoms with Crippen LogP contribution in [0.25, 0.3) is 0 Å². The molecule has 4 nitrogen and oxygen atoms in total. The number of ether oxygens (including phenoxy) is 2. The van der Waals surface area contributed by atoms with E-state index in [-0.39, 0.29) is 5.91 Å². The number of methoxy groups -OCH3 is 2. The number of carbonyl (C=O) groups is 1. The van der Waals surface area contributed by atoms with E-state index in [9.17, 15) is 4.79 Å². The first-order valence-corrected chi connectivity index (χ1v) is 7.49. The number of benzene rings is 2. The van der Waals surface area contributed by atoms with Crippen LogP contribution in [0, 0.1) is 3.57 Å². The van der Waals surface area contributed by atoms with Crippen LogP contribution in [-0.2, 0) is 0 Å². The first kappa shape index (κ1) is 15.9. The molecule has 0 aliphatic rings. The Labute approximate surface area is 141 Å². The smallest absolute Gasteiger partial charge is 0.256 e. The molecule has 0 saturated carbocycles. The number of nitrogens with one attached hydrogen (secondary N) is 1. The van der Waals surface area contributed by atoms with E-state index in [1.807, 2.05) is 0 Å². The summed E-state index contributed by atoms with van der Waals surface area (Å²) in [7, 11) is 3.10. The first-order chi connectivity index (χ1) is 10.0. The van der Waals surface area contributed by atoms with Crippen molar-refractivity contribution in [3.8, 4) is 11.5 Å². The average molecular weight is 418 g/mol. The largest absolute Gasteiger partial charge is 0.493 e. The fraction of sp³-hybridized carbons (Fsp3) is 0.133. The molecule has 0 aliphatic carbocycles. The molecule has 0 spiro atoms. The molecule has 0 aromatic heterocycles. The van der Waals surface area contributed by atoms with Crippen LogP contribution in [-0.4, -0.2) is 20.1 Å². The summed E-state index contributed by atoms with van der Waals surface area (Å²) in [6.45, 7) is 0. The third-order valence-electron chi connectivity index (χ3n) is 2.81. The Kier molecular flexibility index (Phi) is 5.30. The maximum absolute atomic E-state index is 12.3. The summed E-state index contributed by atoms with van der Waals surface area (Å²) in [4.78, 5) is 12.3. The predicted molar refractivity (Wildman–Crippen MR) is 91.7 cm³/mol. The molecule has 1 amide bonds. The van der Waals surface area contributed by atoms with Gasteiger partial charge in [-0.05, 0) is 52.9 Å². The number of halogens is 2. The second-order valence-electron chi connectivity index (χ2n) is 4.15. The normalized spacial score (nSPS) is 10.1. The van der Waals surface area contributed by atoms with E-state index in [2.05, 4.69) is 27.9 Å². The van der Waals surface area contributed by atoms with Gasteiger partial charge in [-0.15, -0.1) is 0 Å². The number of hydrogen-bond donors (Lipinski definition) is 1. The van der Waals surface area contributed by atoms with Gasteiger partial charge < -0.3 is 14.8 Å². The molecule has 6 heteroatoms. The number of hydrogen-bond acceptors (Lipinski definition) is 3. The molecule has 0 aliphatic heterocycles. The molecule has 1 N–H and O–H groups in total.